The summed E-state index contributed by atoms with van der Waals surface area (Å²) >= 11 is 1.38. The second kappa shape index (κ2) is 8.19. The Labute approximate surface area is 129 Å². The number of nitrogens with zero attached hydrogens (tertiary/aromatic N) is 2. The van der Waals surface area contributed by atoms with Crippen LogP contribution in [0.2, 0.25) is 0 Å². The number of nitrogens with two attached hydrogens (primary N) is 1. The number of ether oxygens (including phenoxy) is 1. The average molecular weight is 312 g/mol. The maximum atomic E-state index is 12.1. The van der Waals surface area contributed by atoms with E-state index in [1.165, 1.54) is 24.2 Å². The van der Waals surface area contributed by atoms with E-state index in [0.717, 1.165) is 37.7 Å². The first kappa shape index (κ1) is 16.0. The number of aromatic nitrogens is 1. The van der Waals surface area contributed by atoms with E-state index in [2.05, 4.69) is 22.1 Å². The predicted molar refractivity (Wildman–Crippen MR) is 86.0 cm³/mol. The Morgan fingerprint density at radius 2 is 2.19 bits per heavy atom. The van der Waals surface area contributed by atoms with E-state index in [-0.39, 0.29) is 5.91 Å². The van der Waals surface area contributed by atoms with Crippen molar-refractivity contribution in [2.45, 2.75) is 32.6 Å². The zero-order chi connectivity index (χ0) is 15.1. The van der Waals surface area contributed by atoms with Crippen LogP contribution in [0.25, 0.3) is 0 Å². The molecule has 6 nitrogen and oxygen atoms in total. The maximum Gasteiger partial charge on any atom is 0.265 e. The number of amides is 1. The Hall–Kier alpha value is -1.34. The van der Waals surface area contributed by atoms with Gasteiger partial charge in [-0.1, -0.05) is 18.3 Å². The van der Waals surface area contributed by atoms with E-state index in [0.29, 0.717) is 23.8 Å². The summed E-state index contributed by atoms with van der Waals surface area (Å²) in [4.78, 5) is 19.1. The summed E-state index contributed by atoms with van der Waals surface area (Å²) in [6, 6.07) is 0. The Balaban J connectivity index is 1.79. The summed E-state index contributed by atoms with van der Waals surface area (Å²) in [6.45, 7) is 6.12. The van der Waals surface area contributed by atoms with Crippen LogP contribution in [0, 0.1) is 0 Å². The number of carbonyl (C=O) groups is 1. The minimum atomic E-state index is -0.133. The van der Waals surface area contributed by atoms with Crippen LogP contribution in [-0.2, 0) is 4.74 Å². The van der Waals surface area contributed by atoms with E-state index in [9.17, 15) is 4.79 Å². The number of nitrogen functional groups attached to an aromatic ring is 1. The van der Waals surface area contributed by atoms with E-state index < -0.39 is 0 Å². The summed E-state index contributed by atoms with van der Waals surface area (Å²) in [6.07, 6.45) is 4.18. The third kappa shape index (κ3) is 4.57. The number of anilines is 2. The molecule has 1 aliphatic heterocycles. The zero-order valence-corrected chi connectivity index (χ0v) is 13.4. The van der Waals surface area contributed by atoms with Crippen molar-refractivity contribution in [3.63, 3.8) is 0 Å². The Bertz CT molecular complexity index is 458. The van der Waals surface area contributed by atoms with Crippen molar-refractivity contribution < 1.29 is 9.53 Å². The molecule has 0 atom stereocenters. The van der Waals surface area contributed by atoms with Gasteiger partial charge in [0.15, 0.2) is 5.13 Å². The largest absolute Gasteiger partial charge is 0.382 e. The van der Waals surface area contributed by atoms with Crippen LogP contribution in [0.15, 0.2) is 0 Å². The molecule has 0 saturated carbocycles. The third-order valence-electron chi connectivity index (χ3n) is 3.32. The van der Waals surface area contributed by atoms with Gasteiger partial charge in [-0.3, -0.25) is 4.79 Å². The minimum Gasteiger partial charge on any atom is -0.382 e. The molecule has 2 heterocycles. The van der Waals surface area contributed by atoms with Crippen molar-refractivity contribution in [3.05, 3.63) is 4.88 Å². The van der Waals surface area contributed by atoms with Crippen LogP contribution < -0.4 is 16.0 Å². The van der Waals surface area contributed by atoms with Crippen LogP contribution in [0.5, 0.6) is 0 Å². The lowest BCUT2D eigenvalue weighted by atomic mass is 10.4. The van der Waals surface area contributed by atoms with Gasteiger partial charge in [0.2, 0.25) is 0 Å². The van der Waals surface area contributed by atoms with Gasteiger partial charge in [0.25, 0.3) is 5.91 Å². The molecule has 0 spiro atoms. The molecule has 21 heavy (non-hydrogen) atoms. The van der Waals surface area contributed by atoms with Crippen LogP contribution in [0.4, 0.5) is 10.9 Å². The molecule has 1 aromatic heterocycles. The first-order valence-corrected chi connectivity index (χ1v) is 8.41. The highest BCUT2D eigenvalue weighted by Crippen LogP contribution is 2.30. The van der Waals surface area contributed by atoms with E-state index >= 15 is 0 Å². The number of rotatable bonds is 8. The topological polar surface area (TPSA) is 80.5 Å². The number of hydrogen-bond donors (Lipinski definition) is 2. The normalized spacial score (nSPS) is 14.6. The molecule has 3 N–H and O–H groups in total. The number of carbonyl (C=O) groups excluding carboxylic acids is 1. The summed E-state index contributed by atoms with van der Waals surface area (Å²) in [5.74, 6) is 0.201. The van der Waals surface area contributed by atoms with E-state index in [1.54, 1.807) is 0 Å². The Morgan fingerprint density at radius 1 is 1.43 bits per heavy atom. The second-order valence-corrected chi connectivity index (χ2v) is 6.10. The van der Waals surface area contributed by atoms with Crippen LogP contribution in [-0.4, -0.2) is 43.7 Å². The molecule has 118 valence electrons. The fraction of sp³-hybridized carbons (Fsp3) is 0.714. The molecule has 1 amide bonds. The first-order valence-electron chi connectivity index (χ1n) is 7.59. The zero-order valence-electron chi connectivity index (χ0n) is 12.6. The van der Waals surface area contributed by atoms with Crippen molar-refractivity contribution >= 4 is 28.2 Å². The molecule has 0 bridgehead atoms. The molecule has 0 radical (unpaired) electrons. The summed E-state index contributed by atoms with van der Waals surface area (Å²) in [5, 5.41) is 3.74. The fourth-order valence-corrected chi connectivity index (χ4v) is 3.18. The number of thiazole rings is 1. The lowest BCUT2D eigenvalue weighted by Gasteiger charge is -2.11. The SMILES string of the molecule is CCCOCCCNC(=O)c1sc(N2CCCC2)nc1N. The fourth-order valence-electron chi connectivity index (χ4n) is 2.23. The second-order valence-electron chi connectivity index (χ2n) is 5.13. The van der Waals surface area contributed by atoms with Gasteiger partial charge >= 0.3 is 0 Å². The van der Waals surface area contributed by atoms with Gasteiger partial charge in [-0.25, -0.2) is 4.98 Å². The lowest BCUT2D eigenvalue weighted by molar-refractivity contribution is 0.0946. The van der Waals surface area contributed by atoms with Gasteiger partial charge in [-0.2, -0.15) is 0 Å². The third-order valence-corrected chi connectivity index (χ3v) is 4.46. The molecule has 2 rings (SSSR count). The van der Waals surface area contributed by atoms with Crippen molar-refractivity contribution in [3.8, 4) is 0 Å². The van der Waals surface area contributed by atoms with Crippen molar-refractivity contribution in [1.29, 1.82) is 0 Å². The molecule has 1 aromatic rings. The van der Waals surface area contributed by atoms with Crippen LogP contribution >= 0.6 is 11.3 Å². The predicted octanol–water partition coefficient (Wildman–Crippen LogP) is 1.87. The highest BCUT2D eigenvalue weighted by molar-refractivity contribution is 7.18. The molecular weight excluding hydrogens is 288 g/mol. The molecule has 7 heteroatoms. The molecule has 0 aliphatic carbocycles. The van der Waals surface area contributed by atoms with Gasteiger partial charge in [-0.15, -0.1) is 0 Å². The summed E-state index contributed by atoms with van der Waals surface area (Å²) < 4.78 is 5.37. The highest BCUT2D eigenvalue weighted by Gasteiger charge is 2.21. The average Bonchev–Trinajstić information content (AvgIpc) is 3.11. The standard InChI is InChI=1S/C14H24N4O2S/c1-2-9-20-10-5-6-16-13(19)11-12(15)17-14(21-11)18-7-3-4-8-18/h2-10,15H2,1H3,(H,16,19). The number of hydrogen-bond acceptors (Lipinski definition) is 6. The smallest absolute Gasteiger partial charge is 0.265 e. The van der Waals surface area contributed by atoms with E-state index in [4.69, 9.17) is 10.5 Å². The first-order chi connectivity index (χ1) is 10.2. The van der Waals surface area contributed by atoms with Gasteiger partial charge in [0.1, 0.15) is 10.7 Å². The van der Waals surface area contributed by atoms with Gasteiger partial charge < -0.3 is 20.7 Å². The molecule has 0 aromatic carbocycles. The molecule has 1 aliphatic rings. The Kier molecular flexibility index (Phi) is 6.25. The molecule has 0 unspecified atom stereocenters. The van der Waals surface area contributed by atoms with Crippen molar-refractivity contribution in [1.82, 2.24) is 10.3 Å². The monoisotopic (exact) mass is 312 g/mol. The molecule has 1 saturated heterocycles. The lowest BCUT2D eigenvalue weighted by Crippen LogP contribution is -2.25. The van der Waals surface area contributed by atoms with Crippen LogP contribution in [0.1, 0.15) is 42.3 Å². The Morgan fingerprint density at radius 3 is 2.90 bits per heavy atom. The van der Waals surface area contributed by atoms with Gasteiger partial charge in [0.05, 0.1) is 0 Å². The van der Waals surface area contributed by atoms with E-state index in [1.807, 2.05) is 0 Å². The van der Waals surface area contributed by atoms with Crippen molar-refractivity contribution in [2.75, 3.05) is 43.5 Å². The maximum absolute atomic E-state index is 12.1. The highest BCUT2D eigenvalue weighted by atomic mass is 32.1. The van der Waals surface area contributed by atoms with Gasteiger partial charge in [0, 0.05) is 32.8 Å². The minimum absolute atomic E-state index is 0.133. The molecule has 1 fully saturated rings. The number of nitrogens with one attached hydrogen (secondary N) is 1. The summed E-state index contributed by atoms with van der Waals surface area (Å²) in [7, 11) is 0. The van der Waals surface area contributed by atoms with Crippen molar-refractivity contribution in [2.24, 2.45) is 0 Å². The molecular formula is C14H24N4O2S. The van der Waals surface area contributed by atoms with Crippen LogP contribution in [0.3, 0.4) is 0 Å². The van der Waals surface area contributed by atoms with Gasteiger partial charge in [-0.05, 0) is 25.7 Å². The quantitative estimate of drug-likeness (QED) is 0.716. The summed E-state index contributed by atoms with van der Waals surface area (Å²) in [5.41, 5.74) is 5.87.